The summed E-state index contributed by atoms with van der Waals surface area (Å²) in [7, 11) is 0. The highest BCUT2D eigenvalue weighted by molar-refractivity contribution is 6.28. The normalized spacial score (nSPS) is 11.7. The summed E-state index contributed by atoms with van der Waals surface area (Å²) in [6.45, 7) is 6.49. The Morgan fingerprint density at radius 2 is 2.22 bits per heavy atom. The molecule has 124 valence electrons. The van der Waals surface area contributed by atoms with E-state index >= 15 is 0 Å². The fourth-order valence-corrected chi connectivity index (χ4v) is 2.26. The third-order valence-corrected chi connectivity index (χ3v) is 3.14. The number of esters is 1. The van der Waals surface area contributed by atoms with Crippen LogP contribution in [0.1, 0.15) is 31.3 Å². The second kappa shape index (κ2) is 7.06. The van der Waals surface area contributed by atoms with Crippen LogP contribution in [0.5, 0.6) is 0 Å². The molecule has 0 atom stereocenters. The minimum Gasteiger partial charge on any atom is -0.459 e. The first kappa shape index (κ1) is 17.4. The average Bonchev–Trinajstić information content (AvgIpc) is 2.79. The Morgan fingerprint density at radius 1 is 1.48 bits per heavy atom. The Morgan fingerprint density at radius 3 is 2.87 bits per heavy atom. The van der Waals surface area contributed by atoms with Crippen molar-refractivity contribution in [3.63, 3.8) is 0 Å². The van der Waals surface area contributed by atoms with Gasteiger partial charge in [0.1, 0.15) is 11.2 Å². The summed E-state index contributed by atoms with van der Waals surface area (Å²) in [6, 6.07) is 1.70. The molecular formula is C15H19ClN4O3. The summed E-state index contributed by atoms with van der Waals surface area (Å²) < 4.78 is 6.94. The summed E-state index contributed by atoms with van der Waals surface area (Å²) in [5.74, 6) is -0.323. The minimum atomic E-state index is -0.506. The van der Waals surface area contributed by atoms with Gasteiger partial charge in [0.15, 0.2) is 6.29 Å². The number of aldehydes is 1. The molecule has 2 aromatic rings. The maximum Gasteiger partial charge on any atom is 0.320 e. The predicted molar refractivity (Wildman–Crippen MR) is 86.6 cm³/mol. The largest absolute Gasteiger partial charge is 0.459 e. The van der Waals surface area contributed by atoms with Crippen molar-refractivity contribution in [1.82, 2.24) is 19.9 Å². The number of carbonyl (C=O) groups is 2. The maximum atomic E-state index is 11.6. The third kappa shape index (κ3) is 4.74. The highest BCUT2D eigenvalue weighted by Crippen LogP contribution is 2.17. The molecule has 0 aromatic carbocycles. The van der Waals surface area contributed by atoms with E-state index in [2.05, 4.69) is 15.3 Å². The first-order valence-electron chi connectivity index (χ1n) is 7.19. The molecule has 0 radical (unpaired) electrons. The molecule has 0 unspecified atom stereocenters. The topological polar surface area (TPSA) is 86.1 Å². The molecular weight excluding hydrogens is 320 g/mol. The number of ether oxygens (including phenoxy) is 1. The molecule has 0 aliphatic carbocycles. The molecule has 0 saturated carbocycles. The first-order valence-corrected chi connectivity index (χ1v) is 7.57. The number of nitrogens with one attached hydrogen (secondary N) is 1. The van der Waals surface area contributed by atoms with Crippen molar-refractivity contribution < 1.29 is 14.3 Å². The van der Waals surface area contributed by atoms with E-state index in [-0.39, 0.29) is 17.8 Å². The number of aromatic nitrogens is 3. The summed E-state index contributed by atoms with van der Waals surface area (Å²) in [4.78, 5) is 30.8. The summed E-state index contributed by atoms with van der Waals surface area (Å²) >= 11 is 5.81. The van der Waals surface area contributed by atoms with Crippen molar-refractivity contribution in [2.75, 3.05) is 13.1 Å². The van der Waals surface area contributed by atoms with E-state index in [9.17, 15) is 9.59 Å². The van der Waals surface area contributed by atoms with Crippen LogP contribution in [-0.2, 0) is 16.1 Å². The van der Waals surface area contributed by atoms with Gasteiger partial charge < -0.3 is 14.6 Å². The summed E-state index contributed by atoms with van der Waals surface area (Å²) in [5.41, 5.74) is 0.565. The standard InChI is InChI=1S/C15H19ClN4O3/c1-15(2,3)23-12(22)8-17-4-5-20-11(9-21)6-10-7-18-14(16)19-13(10)20/h6-7,9,17H,4-5,8H2,1-3H3. The minimum absolute atomic E-state index is 0.0998. The molecule has 2 aromatic heterocycles. The number of rotatable bonds is 6. The molecule has 0 bridgehead atoms. The first-order chi connectivity index (χ1) is 10.8. The lowest BCUT2D eigenvalue weighted by atomic mass is 10.2. The van der Waals surface area contributed by atoms with Gasteiger partial charge in [0.05, 0.1) is 12.2 Å². The molecule has 0 fully saturated rings. The zero-order chi connectivity index (χ0) is 17.0. The Kier molecular flexibility index (Phi) is 5.33. The lowest BCUT2D eigenvalue weighted by molar-refractivity contribution is -0.153. The molecule has 23 heavy (non-hydrogen) atoms. The van der Waals surface area contributed by atoms with E-state index in [1.165, 1.54) is 0 Å². The van der Waals surface area contributed by atoms with E-state index in [1.807, 2.05) is 20.8 Å². The van der Waals surface area contributed by atoms with Crippen molar-refractivity contribution in [1.29, 1.82) is 0 Å². The number of nitrogens with zero attached hydrogens (tertiary/aromatic N) is 3. The number of carbonyl (C=O) groups excluding carboxylic acids is 2. The highest BCUT2D eigenvalue weighted by atomic mass is 35.5. The average molecular weight is 339 g/mol. The van der Waals surface area contributed by atoms with Gasteiger partial charge in [-0.15, -0.1) is 0 Å². The van der Waals surface area contributed by atoms with Gasteiger partial charge in [-0.1, -0.05) is 0 Å². The monoisotopic (exact) mass is 338 g/mol. The van der Waals surface area contributed by atoms with Crippen LogP contribution in [0.4, 0.5) is 0 Å². The number of halogens is 1. The van der Waals surface area contributed by atoms with Crippen LogP contribution < -0.4 is 5.32 Å². The zero-order valence-electron chi connectivity index (χ0n) is 13.3. The van der Waals surface area contributed by atoms with Crippen molar-refractivity contribution in [2.45, 2.75) is 32.9 Å². The molecule has 8 heteroatoms. The van der Waals surface area contributed by atoms with E-state index in [0.29, 0.717) is 24.4 Å². The smallest absolute Gasteiger partial charge is 0.320 e. The molecule has 1 N–H and O–H groups in total. The third-order valence-electron chi connectivity index (χ3n) is 2.96. The Hall–Kier alpha value is -1.99. The van der Waals surface area contributed by atoms with Gasteiger partial charge >= 0.3 is 5.97 Å². The van der Waals surface area contributed by atoms with Crippen LogP contribution in [-0.4, -0.2) is 45.5 Å². The maximum absolute atomic E-state index is 11.6. The number of hydrogen-bond donors (Lipinski definition) is 1. The van der Waals surface area contributed by atoms with Crippen molar-refractivity contribution in [3.8, 4) is 0 Å². The molecule has 2 rings (SSSR count). The van der Waals surface area contributed by atoms with Crippen molar-refractivity contribution in [3.05, 3.63) is 23.2 Å². The molecule has 7 nitrogen and oxygen atoms in total. The van der Waals surface area contributed by atoms with Crippen LogP contribution in [0.15, 0.2) is 12.3 Å². The lowest BCUT2D eigenvalue weighted by Crippen LogP contribution is -2.33. The predicted octanol–water partition coefficient (Wildman–Crippen LogP) is 1.83. The van der Waals surface area contributed by atoms with E-state index in [1.54, 1.807) is 16.8 Å². The Labute approximate surface area is 139 Å². The highest BCUT2D eigenvalue weighted by Gasteiger charge is 2.16. The molecule has 0 saturated heterocycles. The summed E-state index contributed by atoms with van der Waals surface area (Å²) in [6.07, 6.45) is 2.33. The fraction of sp³-hybridized carbons (Fsp3) is 0.467. The molecule has 0 spiro atoms. The SMILES string of the molecule is CC(C)(C)OC(=O)CNCCn1c(C=O)cc2cnc(Cl)nc21. The lowest BCUT2D eigenvalue weighted by Gasteiger charge is -2.19. The van der Waals surface area contributed by atoms with Crippen LogP contribution in [0.25, 0.3) is 11.0 Å². The van der Waals surface area contributed by atoms with E-state index in [0.717, 1.165) is 11.7 Å². The molecule has 0 amide bonds. The van der Waals surface area contributed by atoms with Crippen LogP contribution in [0.2, 0.25) is 5.28 Å². The fourth-order valence-electron chi connectivity index (χ4n) is 2.13. The van der Waals surface area contributed by atoms with Crippen LogP contribution in [0.3, 0.4) is 0 Å². The van der Waals surface area contributed by atoms with Gasteiger partial charge in [-0.05, 0) is 38.4 Å². The second-order valence-electron chi connectivity index (χ2n) is 6.02. The second-order valence-corrected chi connectivity index (χ2v) is 6.36. The molecule has 0 aliphatic heterocycles. The van der Waals surface area contributed by atoms with Gasteiger partial charge in [-0.25, -0.2) is 4.98 Å². The Balaban J connectivity index is 1.98. The van der Waals surface area contributed by atoms with E-state index < -0.39 is 5.60 Å². The van der Waals surface area contributed by atoms with Crippen molar-refractivity contribution in [2.24, 2.45) is 0 Å². The van der Waals surface area contributed by atoms with Gasteiger partial charge in [-0.3, -0.25) is 9.59 Å². The van der Waals surface area contributed by atoms with Crippen LogP contribution in [0, 0.1) is 0 Å². The van der Waals surface area contributed by atoms with Crippen LogP contribution >= 0.6 is 11.6 Å². The van der Waals surface area contributed by atoms with Gasteiger partial charge in [0, 0.05) is 24.7 Å². The van der Waals surface area contributed by atoms with Gasteiger partial charge in [0.25, 0.3) is 0 Å². The number of hydrogen-bond acceptors (Lipinski definition) is 6. The van der Waals surface area contributed by atoms with Crippen molar-refractivity contribution >= 4 is 34.9 Å². The number of fused-ring (bicyclic) bond motifs is 1. The van der Waals surface area contributed by atoms with Gasteiger partial charge in [-0.2, -0.15) is 4.98 Å². The molecule has 2 heterocycles. The Bertz CT molecular complexity index is 721. The quantitative estimate of drug-likeness (QED) is 0.374. The zero-order valence-corrected chi connectivity index (χ0v) is 14.1. The summed E-state index contributed by atoms with van der Waals surface area (Å²) in [5, 5.41) is 3.85. The van der Waals surface area contributed by atoms with E-state index in [4.69, 9.17) is 16.3 Å². The van der Waals surface area contributed by atoms with Gasteiger partial charge in [0.2, 0.25) is 5.28 Å². The molecule has 0 aliphatic rings.